The summed E-state index contributed by atoms with van der Waals surface area (Å²) in [5.74, 6) is -0.0962. The number of alkyl halides is 3. The van der Waals surface area contributed by atoms with E-state index in [-0.39, 0.29) is 37.6 Å². The van der Waals surface area contributed by atoms with E-state index >= 15 is 0 Å². The number of aliphatic hydroxyl groups is 1. The molecule has 2 N–H and O–H groups in total. The van der Waals surface area contributed by atoms with Crippen LogP contribution in [-0.4, -0.2) is 53.6 Å². The Kier molecular flexibility index (Phi) is 8.34. The molecule has 1 heterocycles. The second-order valence-corrected chi connectivity index (χ2v) is 9.24. The number of alkyl carbamates (subject to hydrolysis) is 1. The zero-order chi connectivity index (χ0) is 26.5. The van der Waals surface area contributed by atoms with Crippen LogP contribution >= 0.6 is 0 Å². The fraction of sp³-hybridized carbons (Fsp3) is 0.440. The van der Waals surface area contributed by atoms with Gasteiger partial charge in [0.1, 0.15) is 30.7 Å². The molecule has 36 heavy (non-hydrogen) atoms. The number of halogens is 3. The van der Waals surface area contributed by atoms with Gasteiger partial charge in [-0.2, -0.15) is 13.2 Å². The first kappa shape index (κ1) is 27.1. The van der Waals surface area contributed by atoms with Crippen molar-refractivity contribution in [3.05, 3.63) is 65.2 Å². The highest BCUT2D eigenvalue weighted by atomic mass is 19.4. The topological polar surface area (TPSA) is 97.3 Å². The van der Waals surface area contributed by atoms with Crippen molar-refractivity contribution in [2.45, 2.75) is 51.3 Å². The van der Waals surface area contributed by atoms with Gasteiger partial charge >= 0.3 is 18.4 Å². The Balaban J connectivity index is 1.83. The molecule has 0 aromatic heterocycles. The van der Waals surface area contributed by atoms with Crippen molar-refractivity contribution in [3.8, 4) is 5.75 Å². The summed E-state index contributed by atoms with van der Waals surface area (Å²) >= 11 is 0. The third-order valence-corrected chi connectivity index (χ3v) is 5.23. The van der Waals surface area contributed by atoms with Gasteiger partial charge in [0.25, 0.3) is 0 Å². The molecule has 196 valence electrons. The van der Waals surface area contributed by atoms with Crippen LogP contribution in [0.1, 0.15) is 43.5 Å². The number of nitrogens with zero attached hydrogens (tertiary/aromatic N) is 1. The molecule has 2 atom stereocenters. The Labute approximate surface area is 206 Å². The van der Waals surface area contributed by atoms with Crippen LogP contribution in [0.4, 0.5) is 22.8 Å². The van der Waals surface area contributed by atoms with E-state index in [2.05, 4.69) is 5.32 Å². The summed E-state index contributed by atoms with van der Waals surface area (Å²) in [4.78, 5) is 26.3. The fourth-order valence-electron chi connectivity index (χ4n) is 3.67. The van der Waals surface area contributed by atoms with Gasteiger partial charge in [-0.05, 0) is 38.5 Å². The Morgan fingerprint density at radius 3 is 2.47 bits per heavy atom. The number of hydrogen-bond donors (Lipinski definition) is 2. The molecule has 0 spiro atoms. The zero-order valence-corrected chi connectivity index (χ0v) is 20.2. The summed E-state index contributed by atoms with van der Waals surface area (Å²) < 4.78 is 55.6. The number of nitrogens with one attached hydrogen (secondary N) is 1. The summed E-state index contributed by atoms with van der Waals surface area (Å²) in [6.45, 7) is 4.53. The van der Waals surface area contributed by atoms with Crippen LogP contribution in [-0.2, 0) is 22.3 Å². The third kappa shape index (κ3) is 7.27. The molecule has 0 aliphatic carbocycles. The van der Waals surface area contributed by atoms with Crippen LogP contribution in [0.25, 0.3) is 0 Å². The monoisotopic (exact) mass is 510 g/mol. The number of carbonyl (C=O) groups excluding carboxylic acids is 2. The first-order chi connectivity index (χ1) is 16.8. The van der Waals surface area contributed by atoms with Gasteiger partial charge in [0.05, 0.1) is 11.6 Å². The molecule has 0 saturated heterocycles. The van der Waals surface area contributed by atoms with E-state index in [1.165, 1.54) is 11.0 Å². The van der Waals surface area contributed by atoms with E-state index in [9.17, 15) is 27.9 Å². The Morgan fingerprint density at radius 1 is 1.14 bits per heavy atom. The Hall–Kier alpha value is -3.47. The van der Waals surface area contributed by atoms with Crippen LogP contribution in [0, 0.1) is 0 Å². The molecular weight excluding hydrogens is 481 g/mol. The summed E-state index contributed by atoms with van der Waals surface area (Å²) in [6.07, 6.45) is -7.36. The van der Waals surface area contributed by atoms with Crippen molar-refractivity contribution in [2.24, 2.45) is 0 Å². The molecule has 2 aromatic carbocycles. The van der Waals surface area contributed by atoms with Crippen molar-refractivity contribution in [2.75, 3.05) is 19.7 Å². The molecule has 2 aromatic rings. The second kappa shape index (κ2) is 11.1. The van der Waals surface area contributed by atoms with Crippen molar-refractivity contribution >= 4 is 12.2 Å². The summed E-state index contributed by atoms with van der Waals surface area (Å²) in [5.41, 5.74) is -0.734. The lowest BCUT2D eigenvalue weighted by Crippen LogP contribution is -2.48. The molecule has 1 aliphatic heterocycles. The zero-order valence-electron chi connectivity index (χ0n) is 20.2. The fourth-order valence-corrected chi connectivity index (χ4v) is 3.67. The number of aliphatic hydroxyl groups excluding tert-OH is 1. The van der Waals surface area contributed by atoms with Crippen molar-refractivity contribution < 1.29 is 42.1 Å². The number of hydrogen-bond acceptors (Lipinski definition) is 6. The lowest BCUT2D eigenvalue weighted by Gasteiger charge is -2.38. The van der Waals surface area contributed by atoms with E-state index in [4.69, 9.17) is 14.2 Å². The summed E-state index contributed by atoms with van der Waals surface area (Å²) in [6, 6.07) is 10.7. The highest BCUT2D eigenvalue weighted by molar-refractivity contribution is 5.70. The lowest BCUT2D eigenvalue weighted by molar-refractivity contribution is -0.137. The molecule has 11 heteroatoms. The van der Waals surface area contributed by atoms with Crippen molar-refractivity contribution in [1.29, 1.82) is 0 Å². The number of ether oxygens (including phenoxy) is 3. The van der Waals surface area contributed by atoms with Gasteiger partial charge in [0.2, 0.25) is 0 Å². The predicted molar refractivity (Wildman–Crippen MR) is 123 cm³/mol. The SMILES string of the molecule is CC(C)(C)OC(=O)NCCN(C(=O)OCc1ccccc1)[C@H]1c2ccc(C(F)(F)F)cc2OC[C@@H]1O. The largest absolute Gasteiger partial charge is 0.490 e. The Bertz CT molecular complexity index is 1060. The number of fused-ring (bicyclic) bond motifs is 1. The van der Waals surface area contributed by atoms with E-state index < -0.39 is 41.7 Å². The van der Waals surface area contributed by atoms with Crippen LogP contribution in [0.3, 0.4) is 0 Å². The maximum absolute atomic E-state index is 13.2. The molecule has 0 unspecified atom stereocenters. The Morgan fingerprint density at radius 2 is 1.83 bits per heavy atom. The molecule has 8 nitrogen and oxygen atoms in total. The van der Waals surface area contributed by atoms with Crippen LogP contribution < -0.4 is 10.1 Å². The normalized spacial score (nSPS) is 17.4. The van der Waals surface area contributed by atoms with Crippen LogP contribution in [0.15, 0.2) is 48.5 Å². The number of amides is 2. The minimum atomic E-state index is -4.59. The maximum Gasteiger partial charge on any atom is 0.416 e. The average Bonchev–Trinajstić information content (AvgIpc) is 2.79. The van der Waals surface area contributed by atoms with Crippen molar-refractivity contribution in [3.63, 3.8) is 0 Å². The van der Waals surface area contributed by atoms with Crippen LogP contribution in [0.5, 0.6) is 5.75 Å². The van der Waals surface area contributed by atoms with Gasteiger partial charge < -0.3 is 24.6 Å². The van der Waals surface area contributed by atoms with Crippen molar-refractivity contribution in [1.82, 2.24) is 10.2 Å². The minimum absolute atomic E-state index is 0.0601. The molecule has 3 rings (SSSR count). The molecular formula is C25H29F3N2O6. The van der Waals surface area contributed by atoms with Gasteiger partial charge in [-0.25, -0.2) is 9.59 Å². The predicted octanol–water partition coefficient (Wildman–Crippen LogP) is 4.66. The number of benzene rings is 2. The van der Waals surface area contributed by atoms with Gasteiger partial charge in [-0.3, -0.25) is 4.90 Å². The summed E-state index contributed by atoms with van der Waals surface area (Å²) in [5, 5.41) is 13.2. The molecule has 0 fully saturated rings. The second-order valence-electron chi connectivity index (χ2n) is 9.24. The van der Waals surface area contributed by atoms with E-state index in [0.29, 0.717) is 0 Å². The highest BCUT2D eigenvalue weighted by Crippen LogP contribution is 2.40. The first-order valence-corrected chi connectivity index (χ1v) is 11.3. The molecule has 0 bridgehead atoms. The standard InChI is InChI=1S/C25H29F3N2O6/c1-24(2,3)36-22(32)29-11-12-30(23(33)35-14-16-7-5-4-6-8-16)21-18-10-9-17(25(26,27)28)13-20(18)34-15-19(21)31/h4-10,13,19,21,31H,11-12,14-15H2,1-3H3,(H,29,32)/t19-,21-/m0/s1. The van der Waals surface area contributed by atoms with E-state index in [1.807, 2.05) is 6.07 Å². The molecule has 1 aliphatic rings. The van der Waals surface area contributed by atoms with E-state index in [0.717, 1.165) is 17.7 Å². The third-order valence-electron chi connectivity index (χ3n) is 5.23. The van der Waals surface area contributed by atoms with Crippen LogP contribution in [0.2, 0.25) is 0 Å². The lowest BCUT2D eigenvalue weighted by atomic mass is 9.95. The average molecular weight is 511 g/mol. The molecule has 0 radical (unpaired) electrons. The quantitative estimate of drug-likeness (QED) is 0.587. The van der Waals surface area contributed by atoms with Gasteiger partial charge in [0.15, 0.2) is 0 Å². The minimum Gasteiger partial charge on any atom is -0.490 e. The number of carbonyl (C=O) groups is 2. The van der Waals surface area contributed by atoms with Gasteiger partial charge in [0, 0.05) is 18.7 Å². The molecule has 2 amide bonds. The van der Waals surface area contributed by atoms with Gasteiger partial charge in [-0.15, -0.1) is 0 Å². The maximum atomic E-state index is 13.2. The summed E-state index contributed by atoms with van der Waals surface area (Å²) in [7, 11) is 0. The first-order valence-electron chi connectivity index (χ1n) is 11.3. The van der Waals surface area contributed by atoms with Gasteiger partial charge in [-0.1, -0.05) is 36.4 Å². The van der Waals surface area contributed by atoms with E-state index in [1.54, 1.807) is 45.0 Å². The molecule has 0 saturated carbocycles. The smallest absolute Gasteiger partial charge is 0.416 e. The highest BCUT2D eigenvalue weighted by Gasteiger charge is 2.39. The number of rotatable bonds is 6.